The molecule has 0 amide bonds. The Balaban J connectivity index is 4.07. The maximum Gasteiger partial charge on any atom is 0.307 e. The zero-order valence-corrected chi connectivity index (χ0v) is 9.30. The number of hydrogen-bond acceptors (Lipinski definition) is 5. The summed E-state index contributed by atoms with van der Waals surface area (Å²) in [6.45, 7) is 0.494. The second-order valence-electron chi connectivity index (χ2n) is 2.45. The van der Waals surface area contributed by atoms with Crippen molar-refractivity contribution in [2.45, 2.75) is 6.42 Å². The lowest BCUT2D eigenvalue weighted by Gasteiger charge is -2.17. The van der Waals surface area contributed by atoms with Crippen LogP contribution < -0.4 is 0 Å². The largest absolute Gasteiger partial charge is 0.469 e. The summed E-state index contributed by atoms with van der Waals surface area (Å²) in [5, 5.41) is 8.97. The summed E-state index contributed by atoms with van der Waals surface area (Å²) in [5.41, 5.74) is 0. The first-order valence-electron chi connectivity index (χ1n) is 3.94. The molecule has 0 bridgehead atoms. The highest BCUT2D eigenvalue weighted by Crippen LogP contribution is 2.03. The number of carbonyl (C=O) groups excluding carboxylic acids is 1. The number of amidine groups is 1. The van der Waals surface area contributed by atoms with E-state index in [1.807, 2.05) is 6.26 Å². The molecule has 0 aromatic rings. The van der Waals surface area contributed by atoms with E-state index in [4.69, 9.17) is 5.26 Å². The highest BCUT2D eigenvalue weighted by Gasteiger charge is 2.07. The Kier molecular flexibility index (Phi) is 6.58. The van der Waals surface area contributed by atoms with Crippen molar-refractivity contribution in [1.82, 2.24) is 4.90 Å². The van der Waals surface area contributed by atoms with Crippen molar-refractivity contribution in [3.8, 4) is 6.19 Å². The first kappa shape index (κ1) is 12.8. The Labute approximate surface area is 87.7 Å². The molecule has 78 valence electrons. The van der Waals surface area contributed by atoms with Crippen molar-refractivity contribution in [3.05, 3.63) is 0 Å². The van der Waals surface area contributed by atoms with E-state index < -0.39 is 0 Å². The zero-order chi connectivity index (χ0) is 11.0. The van der Waals surface area contributed by atoms with Gasteiger partial charge in [0.2, 0.25) is 6.19 Å². The van der Waals surface area contributed by atoms with Crippen LogP contribution in [-0.4, -0.2) is 43.0 Å². The molecular weight excluding hydrogens is 202 g/mol. The van der Waals surface area contributed by atoms with Crippen LogP contribution in [0.15, 0.2) is 4.99 Å². The highest BCUT2D eigenvalue weighted by molar-refractivity contribution is 8.13. The first-order chi connectivity index (χ1) is 6.65. The van der Waals surface area contributed by atoms with E-state index in [2.05, 4.69) is 9.73 Å². The first-order valence-corrected chi connectivity index (χ1v) is 5.17. The molecule has 5 nitrogen and oxygen atoms in total. The molecule has 6 heteroatoms. The van der Waals surface area contributed by atoms with E-state index in [1.54, 1.807) is 18.1 Å². The number of thioether (sulfide) groups is 1. The summed E-state index contributed by atoms with van der Waals surface area (Å²) in [6.07, 6.45) is 3.82. The molecule has 0 aliphatic rings. The van der Waals surface area contributed by atoms with E-state index >= 15 is 0 Å². The lowest BCUT2D eigenvalue weighted by Crippen LogP contribution is -2.26. The number of ether oxygens (including phenoxy) is 1. The topological polar surface area (TPSA) is 65.7 Å². The minimum atomic E-state index is -0.269. The van der Waals surface area contributed by atoms with Crippen molar-refractivity contribution < 1.29 is 9.53 Å². The number of rotatable bonds is 3. The number of aliphatic imine (C=N–C) groups is 1. The molecule has 0 spiro atoms. The van der Waals surface area contributed by atoms with Crippen LogP contribution in [0, 0.1) is 11.5 Å². The molecular formula is C8H13N3O2S. The minimum Gasteiger partial charge on any atom is -0.469 e. The van der Waals surface area contributed by atoms with Gasteiger partial charge in [0, 0.05) is 13.6 Å². The van der Waals surface area contributed by atoms with Gasteiger partial charge in [-0.05, 0) is 6.26 Å². The lowest BCUT2D eigenvalue weighted by atomic mass is 10.4. The van der Waals surface area contributed by atoms with Crippen LogP contribution in [0.5, 0.6) is 0 Å². The van der Waals surface area contributed by atoms with Gasteiger partial charge in [0.15, 0.2) is 5.17 Å². The maximum atomic E-state index is 10.8. The Bertz CT molecular complexity index is 260. The van der Waals surface area contributed by atoms with Crippen molar-refractivity contribution in [2.75, 3.05) is 27.0 Å². The fraction of sp³-hybridized carbons (Fsp3) is 0.625. The van der Waals surface area contributed by atoms with E-state index in [1.165, 1.54) is 18.9 Å². The van der Waals surface area contributed by atoms with E-state index in [9.17, 15) is 4.79 Å². The van der Waals surface area contributed by atoms with Crippen LogP contribution in [0.3, 0.4) is 0 Å². The van der Waals surface area contributed by atoms with Gasteiger partial charge < -0.3 is 9.64 Å². The molecule has 0 aromatic carbocycles. The molecule has 0 unspecified atom stereocenters. The summed E-state index contributed by atoms with van der Waals surface area (Å²) in [4.78, 5) is 16.2. The smallest absolute Gasteiger partial charge is 0.307 e. The van der Waals surface area contributed by atoms with Gasteiger partial charge in [-0.2, -0.15) is 5.26 Å². The Morgan fingerprint density at radius 3 is 2.79 bits per heavy atom. The van der Waals surface area contributed by atoms with Gasteiger partial charge in [-0.25, -0.2) is 0 Å². The fourth-order valence-electron chi connectivity index (χ4n) is 0.786. The van der Waals surface area contributed by atoms with E-state index in [0.29, 0.717) is 11.7 Å². The minimum absolute atomic E-state index is 0.269. The normalized spacial score (nSPS) is 10.6. The van der Waals surface area contributed by atoms with Gasteiger partial charge in [0.25, 0.3) is 0 Å². The Hall–Kier alpha value is -1.22. The number of methoxy groups -OCH3 is 1. The molecule has 0 fully saturated rings. The van der Waals surface area contributed by atoms with Crippen LogP contribution in [0.4, 0.5) is 0 Å². The number of nitriles is 1. The van der Waals surface area contributed by atoms with E-state index in [-0.39, 0.29) is 12.4 Å². The highest BCUT2D eigenvalue weighted by atomic mass is 32.2. The van der Waals surface area contributed by atoms with Gasteiger partial charge in [-0.1, -0.05) is 11.8 Å². The standard InChI is InChI=1S/C8H13N3O2S/c1-11(5-4-7(12)13-2)8(14-3)10-6-9/h4-5H2,1-3H3. The summed E-state index contributed by atoms with van der Waals surface area (Å²) >= 11 is 1.36. The predicted octanol–water partition coefficient (Wildman–Crippen LogP) is 0.681. The summed E-state index contributed by atoms with van der Waals surface area (Å²) < 4.78 is 4.50. The zero-order valence-electron chi connectivity index (χ0n) is 8.48. The number of hydrogen-bond donors (Lipinski definition) is 0. The average Bonchev–Trinajstić information content (AvgIpc) is 2.21. The monoisotopic (exact) mass is 215 g/mol. The van der Waals surface area contributed by atoms with Crippen molar-refractivity contribution in [1.29, 1.82) is 5.26 Å². The summed E-state index contributed by atoms with van der Waals surface area (Å²) in [7, 11) is 3.12. The second-order valence-corrected chi connectivity index (χ2v) is 3.22. The SMILES string of the molecule is COC(=O)CCN(C)C(=NC#N)SC. The number of carbonyl (C=O) groups is 1. The molecule has 14 heavy (non-hydrogen) atoms. The van der Waals surface area contributed by atoms with Crippen molar-refractivity contribution in [2.24, 2.45) is 4.99 Å². The summed E-state index contributed by atoms with van der Waals surface area (Å²) in [5.74, 6) is -0.269. The lowest BCUT2D eigenvalue weighted by molar-refractivity contribution is -0.140. The Morgan fingerprint density at radius 2 is 2.36 bits per heavy atom. The molecule has 0 atom stereocenters. The van der Waals surface area contributed by atoms with Crippen LogP contribution in [0.1, 0.15) is 6.42 Å². The molecule has 0 saturated carbocycles. The van der Waals surface area contributed by atoms with Crippen LogP contribution >= 0.6 is 11.8 Å². The van der Waals surface area contributed by atoms with Crippen LogP contribution in [0.2, 0.25) is 0 Å². The van der Waals surface area contributed by atoms with Gasteiger partial charge in [-0.15, -0.1) is 4.99 Å². The third kappa shape index (κ3) is 4.72. The quantitative estimate of drug-likeness (QED) is 0.300. The maximum absolute atomic E-state index is 10.8. The number of nitrogens with zero attached hydrogens (tertiary/aromatic N) is 3. The summed E-state index contributed by atoms with van der Waals surface area (Å²) in [6, 6.07) is 0. The second kappa shape index (κ2) is 7.21. The molecule has 0 N–H and O–H groups in total. The third-order valence-electron chi connectivity index (χ3n) is 1.53. The molecule has 0 rings (SSSR count). The molecule has 0 radical (unpaired) electrons. The number of esters is 1. The third-order valence-corrected chi connectivity index (χ3v) is 2.30. The average molecular weight is 215 g/mol. The predicted molar refractivity (Wildman–Crippen MR) is 55.8 cm³/mol. The molecule has 0 aromatic heterocycles. The van der Waals surface area contributed by atoms with Gasteiger partial charge in [-0.3, -0.25) is 4.79 Å². The molecule has 0 heterocycles. The van der Waals surface area contributed by atoms with E-state index in [0.717, 1.165) is 0 Å². The Morgan fingerprint density at radius 1 is 1.71 bits per heavy atom. The van der Waals surface area contributed by atoms with Gasteiger partial charge in [0.05, 0.1) is 13.5 Å². The van der Waals surface area contributed by atoms with Crippen molar-refractivity contribution >= 4 is 22.9 Å². The van der Waals surface area contributed by atoms with Gasteiger partial charge >= 0.3 is 5.97 Å². The van der Waals surface area contributed by atoms with Crippen LogP contribution in [-0.2, 0) is 9.53 Å². The van der Waals surface area contributed by atoms with Crippen molar-refractivity contribution in [3.63, 3.8) is 0 Å². The molecule has 0 aliphatic carbocycles. The van der Waals surface area contributed by atoms with Gasteiger partial charge in [0.1, 0.15) is 0 Å². The fourth-order valence-corrected chi connectivity index (χ4v) is 1.32. The van der Waals surface area contributed by atoms with Crippen LogP contribution in [0.25, 0.3) is 0 Å². The molecule has 0 saturated heterocycles. The molecule has 0 aliphatic heterocycles.